The van der Waals surface area contributed by atoms with Crippen LogP contribution in [-0.4, -0.2) is 37.2 Å². The predicted molar refractivity (Wildman–Crippen MR) is 348 cm³/mol. The largest absolute Gasteiger partial charge is 0.462 e. The van der Waals surface area contributed by atoms with Gasteiger partial charge in [-0.25, -0.2) is 0 Å². The van der Waals surface area contributed by atoms with Gasteiger partial charge in [-0.15, -0.1) is 0 Å². The van der Waals surface area contributed by atoms with E-state index in [0.717, 1.165) is 83.5 Å². The van der Waals surface area contributed by atoms with Crippen molar-refractivity contribution in [2.24, 2.45) is 0 Å². The Bertz CT molecular complexity index is 1470. The molecular formula is C74H132O6. The minimum Gasteiger partial charge on any atom is -0.462 e. The summed E-state index contributed by atoms with van der Waals surface area (Å²) in [5.74, 6) is -0.873. The van der Waals surface area contributed by atoms with Crippen molar-refractivity contribution in [1.29, 1.82) is 0 Å². The second-order valence-electron chi connectivity index (χ2n) is 23.4. The van der Waals surface area contributed by atoms with Crippen LogP contribution in [0.1, 0.15) is 361 Å². The van der Waals surface area contributed by atoms with Crippen molar-refractivity contribution >= 4 is 17.9 Å². The van der Waals surface area contributed by atoms with Crippen LogP contribution in [0.15, 0.2) is 72.9 Å². The molecule has 0 rings (SSSR count). The molecule has 0 amide bonds. The van der Waals surface area contributed by atoms with Gasteiger partial charge in [-0.1, -0.05) is 299 Å². The molecule has 0 aliphatic carbocycles. The highest BCUT2D eigenvalue weighted by Crippen LogP contribution is 2.17. The minimum absolute atomic E-state index is 0.0785. The van der Waals surface area contributed by atoms with E-state index in [0.29, 0.717) is 19.3 Å². The Balaban J connectivity index is 4.32. The first-order valence-corrected chi connectivity index (χ1v) is 34.9. The molecule has 0 aromatic carbocycles. The molecule has 6 heteroatoms. The maximum Gasteiger partial charge on any atom is 0.306 e. The van der Waals surface area contributed by atoms with E-state index in [1.54, 1.807) is 0 Å². The lowest BCUT2D eigenvalue weighted by atomic mass is 10.0. The van der Waals surface area contributed by atoms with Gasteiger partial charge in [0.2, 0.25) is 0 Å². The van der Waals surface area contributed by atoms with Crippen molar-refractivity contribution in [2.75, 3.05) is 13.2 Å². The van der Waals surface area contributed by atoms with Crippen LogP contribution in [0, 0.1) is 0 Å². The highest BCUT2D eigenvalue weighted by molar-refractivity contribution is 5.71. The fraction of sp³-hybridized carbons (Fsp3) is 0.797. The van der Waals surface area contributed by atoms with Gasteiger partial charge >= 0.3 is 17.9 Å². The Morgan fingerprint density at radius 2 is 0.450 bits per heavy atom. The van der Waals surface area contributed by atoms with E-state index >= 15 is 0 Å². The third-order valence-electron chi connectivity index (χ3n) is 15.4. The van der Waals surface area contributed by atoms with Crippen LogP contribution in [0.5, 0.6) is 0 Å². The van der Waals surface area contributed by atoms with Gasteiger partial charge in [0.25, 0.3) is 0 Å². The zero-order chi connectivity index (χ0) is 57.8. The Morgan fingerprint density at radius 3 is 0.738 bits per heavy atom. The van der Waals surface area contributed by atoms with E-state index in [2.05, 4.69) is 93.7 Å². The number of unbranched alkanes of at least 4 members (excludes halogenated alkanes) is 41. The topological polar surface area (TPSA) is 78.9 Å². The Kier molecular flexibility index (Phi) is 65.7. The molecule has 0 spiro atoms. The molecule has 80 heavy (non-hydrogen) atoms. The van der Waals surface area contributed by atoms with Gasteiger partial charge in [0.1, 0.15) is 13.2 Å². The van der Waals surface area contributed by atoms with Gasteiger partial charge in [-0.05, 0) is 116 Å². The summed E-state index contributed by atoms with van der Waals surface area (Å²) in [7, 11) is 0. The Labute approximate surface area is 497 Å². The molecule has 0 aliphatic rings. The summed E-state index contributed by atoms with van der Waals surface area (Å²) >= 11 is 0. The highest BCUT2D eigenvalue weighted by atomic mass is 16.6. The zero-order valence-electron chi connectivity index (χ0n) is 53.3. The first kappa shape index (κ1) is 76.9. The summed E-state index contributed by atoms with van der Waals surface area (Å²) in [6.45, 7) is 6.64. The molecule has 0 aromatic rings. The number of rotatable bonds is 64. The molecule has 0 heterocycles. The van der Waals surface area contributed by atoms with E-state index in [1.807, 2.05) is 0 Å². The van der Waals surface area contributed by atoms with Crippen molar-refractivity contribution in [3.8, 4) is 0 Å². The number of hydrogen-bond donors (Lipinski definition) is 0. The highest BCUT2D eigenvalue weighted by Gasteiger charge is 2.19. The average Bonchev–Trinajstić information content (AvgIpc) is 3.46. The molecule has 464 valence electrons. The quantitative estimate of drug-likeness (QED) is 0.0261. The first-order valence-electron chi connectivity index (χ1n) is 34.9. The second-order valence-corrected chi connectivity index (χ2v) is 23.4. The van der Waals surface area contributed by atoms with Crippen molar-refractivity contribution in [3.05, 3.63) is 72.9 Å². The van der Waals surface area contributed by atoms with Crippen LogP contribution in [0.2, 0.25) is 0 Å². The molecule has 0 saturated heterocycles. The van der Waals surface area contributed by atoms with E-state index < -0.39 is 6.10 Å². The molecule has 1 unspecified atom stereocenters. The second kappa shape index (κ2) is 68.3. The fourth-order valence-electron chi connectivity index (χ4n) is 10.1. The van der Waals surface area contributed by atoms with E-state index in [-0.39, 0.29) is 31.1 Å². The van der Waals surface area contributed by atoms with Crippen LogP contribution in [0.25, 0.3) is 0 Å². The van der Waals surface area contributed by atoms with Crippen LogP contribution in [0.4, 0.5) is 0 Å². The molecule has 0 aromatic heterocycles. The summed E-state index contributed by atoms with van der Waals surface area (Å²) in [5.41, 5.74) is 0. The van der Waals surface area contributed by atoms with Gasteiger partial charge in [0.05, 0.1) is 0 Å². The van der Waals surface area contributed by atoms with E-state index in [9.17, 15) is 14.4 Å². The van der Waals surface area contributed by atoms with Crippen molar-refractivity contribution < 1.29 is 28.6 Å². The molecule has 0 radical (unpaired) electrons. The molecule has 1 atom stereocenters. The van der Waals surface area contributed by atoms with Crippen molar-refractivity contribution in [2.45, 2.75) is 367 Å². The average molecular weight is 1120 g/mol. The summed E-state index contributed by atoms with van der Waals surface area (Å²) in [6.07, 6.45) is 89.1. The predicted octanol–water partition coefficient (Wildman–Crippen LogP) is 24.1. The summed E-state index contributed by atoms with van der Waals surface area (Å²) in [4.78, 5) is 38.4. The molecule has 6 nitrogen and oxygen atoms in total. The van der Waals surface area contributed by atoms with Gasteiger partial charge in [-0.2, -0.15) is 0 Å². The lowest BCUT2D eigenvalue weighted by Crippen LogP contribution is -2.30. The molecule has 0 aliphatic heterocycles. The molecule has 0 saturated carbocycles. The molecule has 0 N–H and O–H groups in total. The number of esters is 3. The van der Waals surface area contributed by atoms with E-state index in [4.69, 9.17) is 14.2 Å². The van der Waals surface area contributed by atoms with Crippen LogP contribution >= 0.6 is 0 Å². The standard InChI is InChI=1S/C74H132O6/c1-4-7-10-13-16-19-22-25-28-31-33-34-35-36-37-38-39-40-41-44-46-49-52-55-58-61-64-67-73(76)79-70-71(69-78-72(75)66-63-60-57-54-51-48-45-42-30-27-24-21-18-15-12-9-6-3)80-74(77)68-65-62-59-56-53-50-47-43-32-29-26-23-20-17-14-11-8-5-2/h18,21-22,25,27,29-33,35-36,71H,4-17,19-20,23-24,26,28,34,37-70H2,1-3H3/b21-18-,25-22-,30-27-,32-29-,33-31-,36-35-. The lowest BCUT2D eigenvalue weighted by molar-refractivity contribution is -0.167. The first-order chi connectivity index (χ1) is 39.5. The Morgan fingerprint density at radius 1 is 0.250 bits per heavy atom. The third kappa shape index (κ3) is 65.7. The van der Waals surface area contributed by atoms with Crippen molar-refractivity contribution in [1.82, 2.24) is 0 Å². The molecule has 0 bridgehead atoms. The van der Waals surface area contributed by atoms with Crippen molar-refractivity contribution in [3.63, 3.8) is 0 Å². The van der Waals surface area contributed by atoms with E-state index in [1.165, 1.54) is 238 Å². The normalized spacial score (nSPS) is 12.5. The maximum atomic E-state index is 12.9. The fourth-order valence-corrected chi connectivity index (χ4v) is 10.1. The lowest BCUT2D eigenvalue weighted by Gasteiger charge is -2.18. The smallest absolute Gasteiger partial charge is 0.306 e. The summed E-state index contributed by atoms with van der Waals surface area (Å²) in [5, 5.41) is 0. The number of carbonyl (C=O) groups is 3. The number of carbonyl (C=O) groups excluding carboxylic acids is 3. The Hall–Kier alpha value is -3.15. The SMILES string of the molecule is CCCCC/C=C\C/C=C\CCCCCCCCCC(=O)OCC(COC(=O)CCCCCCCCCCCCCC/C=C\C/C=C\C/C=C\CCCCCCC)OC(=O)CCCCCCCCC/C=C\CCCCCCCCC. The number of hydrogen-bond acceptors (Lipinski definition) is 6. The third-order valence-corrected chi connectivity index (χ3v) is 15.4. The van der Waals surface area contributed by atoms with Gasteiger partial charge in [0.15, 0.2) is 6.10 Å². The van der Waals surface area contributed by atoms with Gasteiger partial charge in [0, 0.05) is 19.3 Å². The number of allylic oxidation sites excluding steroid dienone is 12. The summed E-state index contributed by atoms with van der Waals surface area (Å²) < 4.78 is 17.0. The number of ether oxygens (including phenoxy) is 3. The van der Waals surface area contributed by atoms with Gasteiger partial charge < -0.3 is 14.2 Å². The summed E-state index contributed by atoms with van der Waals surface area (Å²) in [6, 6.07) is 0. The molecule has 0 fully saturated rings. The molecular weight excluding hydrogens is 985 g/mol. The monoisotopic (exact) mass is 1120 g/mol. The van der Waals surface area contributed by atoms with Crippen LogP contribution in [0.3, 0.4) is 0 Å². The zero-order valence-corrected chi connectivity index (χ0v) is 53.3. The van der Waals surface area contributed by atoms with Gasteiger partial charge in [-0.3, -0.25) is 14.4 Å². The van der Waals surface area contributed by atoms with Crippen LogP contribution < -0.4 is 0 Å². The minimum atomic E-state index is -0.783. The maximum absolute atomic E-state index is 12.9. The van der Waals surface area contributed by atoms with Crippen LogP contribution in [-0.2, 0) is 28.6 Å².